The molecule has 0 spiro atoms. The maximum absolute atomic E-state index is 13.7. The molecular weight excluding hydrogens is 367 g/mol. The maximum atomic E-state index is 13.7. The lowest BCUT2D eigenvalue weighted by atomic mass is 9.96. The highest BCUT2D eigenvalue weighted by Gasteiger charge is 2.15. The number of thiophene rings is 1. The van der Waals surface area contributed by atoms with Gasteiger partial charge in [0.2, 0.25) is 0 Å². The average Bonchev–Trinajstić information content (AvgIpc) is 2.73. The molecule has 90 valence electrons. The Kier molecular flexibility index (Phi) is 4.77. The lowest BCUT2D eigenvalue weighted by Gasteiger charge is -2.14. The highest BCUT2D eigenvalue weighted by atomic mass is 79.9. The smallest absolute Gasteiger partial charge is 0.126 e. The van der Waals surface area contributed by atoms with E-state index in [0.717, 1.165) is 21.1 Å². The fourth-order valence-electron chi connectivity index (χ4n) is 1.76. The monoisotopic (exact) mass is 376 g/mol. The molecule has 1 atom stereocenters. The van der Waals surface area contributed by atoms with Crippen LogP contribution in [0.15, 0.2) is 40.2 Å². The molecule has 0 radical (unpaired) electrons. The van der Waals surface area contributed by atoms with Gasteiger partial charge in [-0.2, -0.15) is 0 Å². The molecule has 0 fully saturated rings. The number of halogens is 3. The van der Waals surface area contributed by atoms with Crippen molar-refractivity contribution >= 4 is 43.2 Å². The molecule has 17 heavy (non-hydrogen) atoms. The topological polar surface area (TPSA) is 0 Å². The predicted octanol–water partition coefficient (Wildman–Crippen LogP) is 5.37. The van der Waals surface area contributed by atoms with E-state index in [-0.39, 0.29) is 11.7 Å². The van der Waals surface area contributed by atoms with Crippen LogP contribution < -0.4 is 0 Å². The Morgan fingerprint density at radius 3 is 2.53 bits per heavy atom. The third kappa shape index (κ3) is 3.39. The Hall–Kier alpha value is -0.190. The predicted molar refractivity (Wildman–Crippen MR) is 78.7 cm³/mol. The average molecular weight is 378 g/mol. The first-order chi connectivity index (χ1) is 8.20. The lowest BCUT2D eigenvalue weighted by molar-refractivity contribution is 0.591. The van der Waals surface area contributed by atoms with Gasteiger partial charge in [-0.3, -0.25) is 0 Å². The van der Waals surface area contributed by atoms with E-state index in [1.165, 1.54) is 10.9 Å². The Morgan fingerprint density at radius 2 is 1.94 bits per heavy atom. The van der Waals surface area contributed by atoms with Gasteiger partial charge in [0, 0.05) is 16.1 Å². The summed E-state index contributed by atoms with van der Waals surface area (Å²) in [5, 5.41) is 0.767. The van der Waals surface area contributed by atoms with Crippen LogP contribution in [-0.4, -0.2) is 5.33 Å². The Labute approximate surface area is 121 Å². The molecule has 0 aliphatic rings. The molecule has 0 saturated heterocycles. The lowest BCUT2D eigenvalue weighted by Crippen LogP contribution is -2.05. The SMILES string of the molecule is Fc1ccccc1C(CBr)Cc1ccc(Br)s1. The van der Waals surface area contributed by atoms with Gasteiger partial charge < -0.3 is 0 Å². The van der Waals surface area contributed by atoms with Gasteiger partial charge in [0.05, 0.1) is 3.79 Å². The van der Waals surface area contributed by atoms with Gasteiger partial charge in [0.15, 0.2) is 0 Å². The van der Waals surface area contributed by atoms with Crippen LogP contribution in [0.1, 0.15) is 16.4 Å². The summed E-state index contributed by atoms with van der Waals surface area (Å²) in [4.78, 5) is 1.27. The Morgan fingerprint density at radius 1 is 1.18 bits per heavy atom. The largest absolute Gasteiger partial charge is 0.207 e. The molecule has 0 nitrogen and oxygen atoms in total. The van der Waals surface area contributed by atoms with E-state index in [9.17, 15) is 4.39 Å². The zero-order valence-electron chi connectivity index (χ0n) is 9.00. The summed E-state index contributed by atoms with van der Waals surface area (Å²) in [5.41, 5.74) is 0.786. The van der Waals surface area contributed by atoms with Crippen LogP contribution in [0.2, 0.25) is 0 Å². The van der Waals surface area contributed by atoms with E-state index in [2.05, 4.69) is 37.9 Å². The first-order valence-corrected chi connectivity index (χ1v) is 7.98. The Bertz CT molecular complexity index is 496. The third-order valence-electron chi connectivity index (χ3n) is 2.61. The molecule has 0 aliphatic carbocycles. The van der Waals surface area contributed by atoms with Crippen molar-refractivity contribution in [3.63, 3.8) is 0 Å². The molecule has 1 heterocycles. The van der Waals surface area contributed by atoms with Gasteiger partial charge in [-0.05, 0) is 46.1 Å². The summed E-state index contributed by atoms with van der Waals surface area (Å²) in [6.45, 7) is 0. The third-order valence-corrected chi connectivity index (χ3v) is 5.04. The normalized spacial score (nSPS) is 12.6. The summed E-state index contributed by atoms with van der Waals surface area (Å²) >= 11 is 8.63. The molecule has 1 unspecified atom stereocenters. The molecule has 2 aromatic rings. The second-order valence-corrected chi connectivity index (χ2v) is 6.98. The van der Waals surface area contributed by atoms with Crippen LogP contribution in [0.5, 0.6) is 0 Å². The second kappa shape index (κ2) is 6.12. The van der Waals surface area contributed by atoms with Crippen LogP contribution in [0.3, 0.4) is 0 Å². The van der Waals surface area contributed by atoms with E-state index in [4.69, 9.17) is 0 Å². The first kappa shape index (κ1) is 13.2. The van der Waals surface area contributed by atoms with Gasteiger partial charge in [-0.25, -0.2) is 4.39 Å². The molecule has 0 amide bonds. The summed E-state index contributed by atoms with van der Waals surface area (Å²) in [6.07, 6.45) is 0.864. The minimum Gasteiger partial charge on any atom is -0.207 e. The van der Waals surface area contributed by atoms with Gasteiger partial charge in [-0.15, -0.1) is 11.3 Å². The van der Waals surface area contributed by atoms with Crippen molar-refractivity contribution < 1.29 is 4.39 Å². The number of benzene rings is 1. The van der Waals surface area contributed by atoms with Crippen LogP contribution >= 0.6 is 43.2 Å². The number of alkyl halides is 1. The second-order valence-electron chi connectivity index (χ2n) is 3.78. The van der Waals surface area contributed by atoms with E-state index in [0.29, 0.717) is 0 Å². The molecular formula is C13H11Br2FS. The molecule has 1 aromatic carbocycles. The summed E-state index contributed by atoms with van der Waals surface area (Å²) in [6, 6.07) is 11.1. The zero-order chi connectivity index (χ0) is 12.3. The van der Waals surface area contributed by atoms with Crippen molar-refractivity contribution in [1.82, 2.24) is 0 Å². The summed E-state index contributed by atoms with van der Waals surface area (Å²) in [7, 11) is 0. The molecule has 4 heteroatoms. The van der Waals surface area contributed by atoms with Crippen LogP contribution in [-0.2, 0) is 6.42 Å². The number of rotatable bonds is 4. The standard InChI is InChI=1S/C13H11Br2FS/c14-8-9(7-10-5-6-13(15)17-10)11-3-1-2-4-12(11)16/h1-6,9H,7-8H2. The van der Waals surface area contributed by atoms with E-state index >= 15 is 0 Å². The maximum Gasteiger partial charge on any atom is 0.126 e. The minimum atomic E-state index is -0.118. The number of hydrogen-bond acceptors (Lipinski definition) is 1. The van der Waals surface area contributed by atoms with Crippen molar-refractivity contribution in [2.45, 2.75) is 12.3 Å². The van der Waals surface area contributed by atoms with E-state index in [1.54, 1.807) is 17.4 Å². The van der Waals surface area contributed by atoms with Crippen molar-refractivity contribution in [2.24, 2.45) is 0 Å². The fourth-order valence-corrected chi connectivity index (χ4v) is 3.90. The van der Waals surface area contributed by atoms with Crippen LogP contribution in [0.25, 0.3) is 0 Å². The minimum absolute atomic E-state index is 0.118. The first-order valence-electron chi connectivity index (χ1n) is 5.25. The Balaban J connectivity index is 2.20. The van der Waals surface area contributed by atoms with Gasteiger partial charge >= 0.3 is 0 Å². The zero-order valence-corrected chi connectivity index (χ0v) is 13.0. The van der Waals surface area contributed by atoms with Crippen LogP contribution in [0, 0.1) is 5.82 Å². The van der Waals surface area contributed by atoms with E-state index < -0.39 is 0 Å². The summed E-state index contributed by atoms with van der Waals surface area (Å²) in [5.74, 6) is 0.0642. The molecule has 0 aliphatic heterocycles. The van der Waals surface area contributed by atoms with Gasteiger partial charge in [0.25, 0.3) is 0 Å². The van der Waals surface area contributed by atoms with Crippen molar-refractivity contribution in [3.05, 3.63) is 56.4 Å². The van der Waals surface area contributed by atoms with E-state index in [1.807, 2.05) is 18.2 Å². The molecule has 0 N–H and O–H groups in total. The molecule has 0 bridgehead atoms. The highest BCUT2D eigenvalue weighted by Crippen LogP contribution is 2.30. The van der Waals surface area contributed by atoms with Crippen molar-refractivity contribution in [3.8, 4) is 0 Å². The van der Waals surface area contributed by atoms with Crippen molar-refractivity contribution in [2.75, 3.05) is 5.33 Å². The van der Waals surface area contributed by atoms with Crippen molar-refractivity contribution in [1.29, 1.82) is 0 Å². The molecule has 1 aromatic heterocycles. The molecule has 2 rings (SSSR count). The van der Waals surface area contributed by atoms with Crippen LogP contribution in [0.4, 0.5) is 4.39 Å². The van der Waals surface area contributed by atoms with Gasteiger partial charge in [-0.1, -0.05) is 34.1 Å². The number of hydrogen-bond donors (Lipinski definition) is 0. The summed E-state index contributed by atoms with van der Waals surface area (Å²) < 4.78 is 14.8. The fraction of sp³-hybridized carbons (Fsp3) is 0.231. The molecule has 0 saturated carbocycles. The van der Waals surface area contributed by atoms with Gasteiger partial charge in [0.1, 0.15) is 5.82 Å². The quantitative estimate of drug-likeness (QED) is 0.628. The highest BCUT2D eigenvalue weighted by molar-refractivity contribution is 9.11.